The van der Waals surface area contributed by atoms with Gasteiger partial charge in [0.2, 0.25) is 15.9 Å². The van der Waals surface area contributed by atoms with Gasteiger partial charge in [0.1, 0.15) is 0 Å². The Morgan fingerprint density at radius 3 is 2.66 bits per heavy atom. The maximum atomic E-state index is 13.2. The van der Waals surface area contributed by atoms with Gasteiger partial charge in [0.05, 0.1) is 17.5 Å². The molecule has 1 heterocycles. The highest BCUT2D eigenvalue weighted by molar-refractivity contribution is 7.89. The maximum absolute atomic E-state index is 13.2. The lowest BCUT2D eigenvalue weighted by molar-refractivity contribution is -0.121. The monoisotopic (exact) mass is 436 g/mol. The normalized spacial score (nSPS) is 16.9. The molecule has 8 heteroatoms. The van der Waals surface area contributed by atoms with E-state index in [1.807, 2.05) is 31.2 Å². The smallest absolute Gasteiger partial charge is 0.243 e. The average molecular weight is 437 g/mol. The molecule has 0 aliphatic carbocycles. The number of carbonyl (C=O) groups is 1. The molecule has 1 amide bonds. The third-order valence-corrected chi connectivity index (χ3v) is 6.82. The van der Waals surface area contributed by atoms with Crippen molar-refractivity contribution in [3.8, 4) is 0 Å². The summed E-state index contributed by atoms with van der Waals surface area (Å²) in [7, 11) is -3.88. The molecule has 1 atom stereocenters. The van der Waals surface area contributed by atoms with Gasteiger partial charge < -0.3 is 10.1 Å². The van der Waals surface area contributed by atoms with Crippen molar-refractivity contribution in [1.29, 1.82) is 0 Å². The molecule has 0 aromatic heterocycles. The lowest BCUT2D eigenvalue weighted by Crippen LogP contribution is -2.42. The summed E-state index contributed by atoms with van der Waals surface area (Å²) in [5.41, 5.74) is 1.84. The molecule has 0 spiro atoms. The average Bonchev–Trinajstić information content (AvgIpc) is 3.20. The highest BCUT2D eigenvalue weighted by Gasteiger charge is 2.27. The van der Waals surface area contributed by atoms with E-state index >= 15 is 0 Å². The van der Waals surface area contributed by atoms with Crippen LogP contribution in [0.25, 0.3) is 0 Å². The Kier molecular flexibility index (Phi) is 7.29. The first-order valence-electron chi connectivity index (χ1n) is 9.54. The summed E-state index contributed by atoms with van der Waals surface area (Å²) >= 11 is 5.89. The van der Waals surface area contributed by atoms with Gasteiger partial charge in [-0.2, -0.15) is 4.31 Å². The minimum atomic E-state index is -3.88. The van der Waals surface area contributed by atoms with E-state index < -0.39 is 10.0 Å². The van der Waals surface area contributed by atoms with Crippen LogP contribution in [-0.2, 0) is 26.1 Å². The van der Waals surface area contributed by atoms with E-state index in [9.17, 15) is 13.2 Å². The maximum Gasteiger partial charge on any atom is 0.243 e. The van der Waals surface area contributed by atoms with E-state index in [1.165, 1.54) is 28.6 Å². The molecule has 1 N–H and O–H groups in total. The van der Waals surface area contributed by atoms with Crippen LogP contribution < -0.4 is 5.32 Å². The lowest BCUT2D eigenvalue weighted by atomic mass is 10.1. The number of hydrogen-bond donors (Lipinski definition) is 1. The summed E-state index contributed by atoms with van der Waals surface area (Å²) < 4.78 is 33.1. The number of nitrogens with zero attached hydrogens (tertiary/aromatic N) is 1. The van der Waals surface area contributed by atoms with Crippen molar-refractivity contribution in [2.75, 3.05) is 19.7 Å². The third kappa shape index (κ3) is 6.02. The summed E-state index contributed by atoms with van der Waals surface area (Å²) in [6.45, 7) is 2.85. The Labute approximate surface area is 176 Å². The van der Waals surface area contributed by atoms with Crippen LogP contribution in [0.5, 0.6) is 0 Å². The zero-order valence-corrected chi connectivity index (χ0v) is 17.9. The molecular formula is C21H25ClN2O4S. The van der Waals surface area contributed by atoms with Crippen LogP contribution >= 0.6 is 11.6 Å². The predicted molar refractivity (Wildman–Crippen MR) is 112 cm³/mol. The van der Waals surface area contributed by atoms with Crippen molar-refractivity contribution in [2.24, 2.45) is 0 Å². The van der Waals surface area contributed by atoms with E-state index in [2.05, 4.69) is 5.32 Å². The second-order valence-electron chi connectivity index (χ2n) is 7.16. The van der Waals surface area contributed by atoms with E-state index in [0.717, 1.165) is 24.0 Å². The second-order valence-corrected chi connectivity index (χ2v) is 9.53. The van der Waals surface area contributed by atoms with Gasteiger partial charge in [0, 0.05) is 24.7 Å². The van der Waals surface area contributed by atoms with Gasteiger partial charge in [-0.3, -0.25) is 4.79 Å². The van der Waals surface area contributed by atoms with Gasteiger partial charge in [-0.25, -0.2) is 8.42 Å². The molecule has 2 aromatic rings. The topological polar surface area (TPSA) is 75.7 Å². The number of ether oxygens (including phenoxy) is 1. The van der Waals surface area contributed by atoms with Gasteiger partial charge in [0.15, 0.2) is 0 Å². The predicted octanol–water partition coefficient (Wildman–Crippen LogP) is 3.13. The lowest BCUT2D eigenvalue weighted by Gasteiger charge is -2.22. The van der Waals surface area contributed by atoms with E-state index in [-0.39, 0.29) is 30.0 Å². The fourth-order valence-electron chi connectivity index (χ4n) is 3.24. The zero-order valence-electron chi connectivity index (χ0n) is 16.3. The quantitative estimate of drug-likeness (QED) is 0.689. The van der Waals surface area contributed by atoms with Crippen LogP contribution in [0.15, 0.2) is 53.4 Å². The fraction of sp³-hybridized carbons (Fsp3) is 0.381. The molecule has 29 heavy (non-hydrogen) atoms. The molecule has 0 unspecified atom stereocenters. The van der Waals surface area contributed by atoms with Crippen LogP contribution in [0.4, 0.5) is 0 Å². The Morgan fingerprint density at radius 2 is 2.00 bits per heavy atom. The van der Waals surface area contributed by atoms with Crippen LogP contribution in [0, 0.1) is 6.92 Å². The third-order valence-electron chi connectivity index (χ3n) is 4.76. The highest BCUT2D eigenvalue weighted by atomic mass is 35.5. The summed E-state index contributed by atoms with van der Waals surface area (Å²) in [5, 5.41) is 3.24. The fourth-order valence-corrected chi connectivity index (χ4v) is 4.76. The van der Waals surface area contributed by atoms with Crippen molar-refractivity contribution in [1.82, 2.24) is 9.62 Å². The number of sulfonamides is 1. The molecule has 0 bridgehead atoms. The summed E-state index contributed by atoms with van der Waals surface area (Å²) in [4.78, 5) is 12.6. The zero-order chi connectivity index (χ0) is 20.9. The van der Waals surface area contributed by atoms with Crippen LogP contribution in [-0.4, -0.2) is 44.4 Å². The number of benzene rings is 2. The van der Waals surface area contributed by atoms with Gasteiger partial charge in [-0.15, -0.1) is 0 Å². The number of aryl methyl sites for hydroxylation is 1. The minimum absolute atomic E-state index is 0.00274. The van der Waals surface area contributed by atoms with E-state index in [1.54, 1.807) is 0 Å². The molecule has 3 rings (SSSR count). The van der Waals surface area contributed by atoms with Crippen LogP contribution in [0.2, 0.25) is 5.02 Å². The second kappa shape index (κ2) is 9.71. The number of amides is 1. The minimum Gasteiger partial charge on any atom is -0.376 e. The molecule has 2 aromatic carbocycles. The summed E-state index contributed by atoms with van der Waals surface area (Å²) in [6, 6.07) is 13.5. The van der Waals surface area contributed by atoms with E-state index in [0.29, 0.717) is 18.2 Å². The van der Waals surface area contributed by atoms with Crippen molar-refractivity contribution >= 4 is 27.5 Å². The SMILES string of the molecule is Cc1cccc(CN(CC(=O)NC[C@@H]2CCCO2)S(=O)(=O)c2ccc(Cl)cc2)c1. The summed E-state index contributed by atoms with van der Waals surface area (Å²) in [5.74, 6) is -0.356. The van der Waals surface area contributed by atoms with Crippen molar-refractivity contribution in [2.45, 2.75) is 37.3 Å². The van der Waals surface area contributed by atoms with Gasteiger partial charge in [0.25, 0.3) is 0 Å². The number of nitrogens with one attached hydrogen (secondary N) is 1. The van der Waals surface area contributed by atoms with Crippen LogP contribution in [0.1, 0.15) is 24.0 Å². The largest absolute Gasteiger partial charge is 0.376 e. The first-order chi connectivity index (χ1) is 13.8. The molecule has 1 fully saturated rings. The van der Waals surface area contributed by atoms with Crippen molar-refractivity contribution < 1.29 is 17.9 Å². The number of rotatable bonds is 8. The van der Waals surface area contributed by atoms with E-state index in [4.69, 9.17) is 16.3 Å². The van der Waals surface area contributed by atoms with Gasteiger partial charge >= 0.3 is 0 Å². The Morgan fingerprint density at radius 1 is 1.24 bits per heavy atom. The number of hydrogen-bond acceptors (Lipinski definition) is 4. The Bertz CT molecular complexity index is 941. The summed E-state index contributed by atoms with van der Waals surface area (Å²) in [6.07, 6.45) is 1.87. The molecule has 1 aliphatic heterocycles. The molecule has 6 nitrogen and oxygen atoms in total. The van der Waals surface area contributed by atoms with Gasteiger partial charge in [-0.1, -0.05) is 41.4 Å². The van der Waals surface area contributed by atoms with Crippen molar-refractivity contribution in [3.63, 3.8) is 0 Å². The highest BCUT2D eigenvalue weighted by Crippen LogP contribution is 2.21. The molecule has 0 saturated carbocycles. The first-order valence-corrected chi connectivity index (χ1v) is 11.4. The van der Waals surface area contributed by atoms with Gasteiger partial charge in [-0.05, 0) is 49.6 Å². The molecule has 156 valence electrons. The number of halogens is 1. The first kappa shape index (κ1) is 21.8. The Hall–Kier alpha value is -1.93. The standard InChI is InChI=1S/C21H25ClN2O4S/c1-16-4-2-5-17(12-16)14-24(15-21(25)23-13-19-6-3-11-28-19)29(26,27)20-9-7-18(22)8-10-20/h2,4-5,7-10,12,19H,3,6,11,13-15H2,1H3,(H,23,25)/t19-/m0/s1. The Balaban J connectivity index is 1.78. The van der Waals surface area contributed by atoms with Crippen molar-refractivity contribution in [3.05, 3.63) is 64.7 Å². The number of carbonyl (C=O) groups excluding carboxylic acids is 1. The molecule has 0 radical (unpaired) electrons. The molecule has 1 aliphatic rings. The van der Waals surface area contributed by atoms with Crippen LogP contribution in [0.3, 0.4) is 0 Å². The molecular weight excluding hydrogens is 412 g/mol. The molecule has 1 saturated heterocycles.